The van der Waals surface area contributed by atoms with Gasteiger partial charge in [-0.15, -0.1) is 11.8 Å². The summed E-state index contributed by atoms with van der Waals surface area (Å²) in [6.45, 7) is 3.16. The van der Waals surface area contributed by atoms with Crippen LogP contribution in [0.5, 0.6) is 0 Å². The van der Waals surface area contributed by atoms with Crippen LogP contribution in [0.3, 0.4) is 0 Å². The largest absolute Gasteiger partial charge is 0.329 e. The van der Waals surface area contributed by atoms with Crippen LogP contribution in [0.1, 0.15) is 24.9 Å². The fourth-order valence-electron chi connectivity index (χ4n) is 2.20. The lowest BCUT2D eigenvalue weighted by Crippen LogP contribution is -2.29. The van der Waals surface area contributed by atoms with Crippen LogP contribution in [0.2, 0.25) is 5.02 Å². The maximum atomic E-state index is 6.21. The van der Waals surface area contributed by atoms with Gasteiger partial charge in [0, 0.05) is 42.2 Å². The van der Waals surface area contributed by atoms with Crippen LogP contribution in [0.25, 0.3) is 10.9 Å². The Morgan fingerprint density at radius 1 is 1.40 bits per heavy atom. The third-order valence-corrected chi connectivity index (χ3v) is 3.51. The SMILES string of the molecule is CC#CCCNC(CN)c1ccc(Cl)c2cccnc12. The highest BCUT2D eigenvalue weighted by atomic mass is 35.5. The Kier molecular flexibility index (Phi) is 5.37. The van der Waals surface area contributed by atoms with Crippen LogP contribution < -0.4 is 11.1 Å². The van der Waals surface area contributed by atoms with Gasteiger partial charge in [-0.05, 0) is 30.7 Å². The molecule has 0 saturated carbocycles. The first-order valence-corrected chi connectivity index (χ1v) is 7.02. The minimum absolute atomic E-state index is 0.0586. The predicted octanol–water partition coefficient (Wildman–Crippen LogP) is 2.89. The Labute approximate surface area is 124 Å². The van der Waals surface area contributed by atoms with Gasteiger partial charge in [0.2, 0.25) is 0 Å². The maximum Gasteiger partial charge on any atom is 0.0765 e. The number of aromatic nitrogens is 1. The lowest BCUT2D eigenvalue weighted by molar-refractivity contribution is 0.553. The van der Waals surface area contributed by atoms with Crippen molar-refractivity contribution < 1.29 is 0 Å². The molecule has 1 atom stereocenters. The van der Waals surface area contributed by atoms with Gasteiger partial charge in [-0.2, -0.15) is 0 Å². The molecule has 0 aliphatic rings. The molecule has 1 aromatic heterocycles. The van der Waals surface area contributed by atoms with Gasteiger partial charge in [0.05, 0.1) is 5.52 Å². The first-order valence-electron chi connectivity index (χ1n) is 6.64. The van der Waals surface area contributed by atoms with Crippen molar-refractivity contribution in [3.8, 4) is 11.8 Å². The van der Waals surface area contributed by atoms with E-state index in [0.717, 1.165) is 29.4 Å². The molecule has 3 N–H and O–H groups in total. The molecule has 0 aliphatic heterocycles. The number of hydrogen-bond acceptors (Lipinski definition) is 3. The van der Waals surface area contributed by atoms with E-state index in [9.17, 15) is 0 Å². The van der Waals surface area contributed by atoms with Crippen molar-refractivity contribution in [2.75, 3.05) is 13.1 Å². The van der Waals surface area contributed by atoms with E-state index in [4.69, 9.17) is 17.3 Å². The third kappa shape index (κ3) is 3.29. The minimum Gasteiger partial charge on any atom is -0.329 e. The lowest BCUT2D eigenvalue weighted by Gasteiger charge is -2.18. The summed E-state index contributed by atoms with van der Waals surface area (Å²) in [5.74, 6) is 5.92. The molecule has 0 radical (unpaired) electrons. The van der Waals surface area contributed by atoms with E-state index < -0.39 is 0 Å². The molecule has 1 heterocycles. The van der Waals surface area contributed by atoms with Gasteiger partial charge in [0.15, 0.2) is 0 Å². The van der Waals surface area contributed by atoms with Gasteiger partial charge in [0.1, 0.15) is 0 Å². The number of hydrogen-bond donors (Lipinski definition) is 2. The van der Waals surface area contributed by atoms with Crippen molar-refractivity contribution in [1.29, 1.82) is 0 Å². The average Bonchev–Trinajstić information content (AvgIpc) is 2.49. The molecule has 0 bridgehead atoms. The van der Waals surface area contributed by atoms with Crippen LogP contribution in [-0.4, -0.2) is 18.1 Å². The van der Waals surface area contributed by atoms with Gasteiger partial charge in [0.25, 0.3) is 0 Å². The van der Waals surface area contributed by atoms with E-state index in [2.05, 4.69) is 22.1 Å². The zero-order chi connectivity index (χ0) is 14.4. The lowest BCUT2D eigenvalue weighted by atomic mass is 10.0. The van der Waals surface area contributed by atoms with Gasteiger partial charge in [-0.1, -0.05) is 17.7 Å². The molecule has 4 heteroatoms. The van der Waals surface area contributed by atoms with Crippen LogP contribution in [0, 0.1) is 11.8 Å². The fourth-order valence-corrected chi connectivity index (χ4v) is 2.41. The van der Waals surface area contributed by atoms with Crippen molar-refractivity contribution in [1.82, 2.24) is 10.3 Å². The molecule has 0 amide bonds. The number of nitrogens with one attached hydrogen (secondary N) is 1. The summed E-state index contributed by atoms with van der Waals surface area (Å²) in [4.78, 5) is 4.45. The van der Waals surface area contributed by atoms with Gasteiger partial charge in [-0.3, -0.25) is 4.98 Å². The molecule has 0 saturated heterocycles. The Balaban J connectivity index is 2.29. The molecular formula is C16H18ClN3. The summed E-state index contributed by atoms with van der Waals surface area (Å²) >= 11 is 6.21. The van der Waals surface area contributed by atoms with Crippen molar-refractivity contribution in [2.24, 2.45) is 5.73 Å². The zero-order valence-electron chi connectivity index (χ0n) is 11.5. The smallest absolute Gasteiger partial charge is 0.0765 e. The van der Waals surface area contributed by atoms with Gasteiger partial charge < -0.3 is 11.1 Å². The summed E-state index contributed by atoms with van der Waals surface area (Å²) < 4.78 is 0. The van der Waals surface area contributed by atoms with E-state index in [1.54, 1.807) is 6.20 Å². The standard InChI is InChI=1S/C16H18ClN3/c1-2-3-4-9-19-15(11-18)13-7-8-14(17)12-6-5-10-20-16(12)13/h5-8,10,15,19H,4,9,11,18H2,1H3. The van der Waals surface area contributed by atoms with E-state index in [1.165, 1.54) is 0 Å². The summed E-state index contributed by atoms with van der Waals surface area (Å²) in [6.07, 6.45) is 2.59. The van der Waals surface area contributed by atoms with E-state index in [1.807, 2.05) is 31.2 Å². The first-order chi connectivity index (χ1) is 9.77. The molecule has 2 rings (SSSR count). The molecule has 1 unspecified atom stereocenters. The summed E-state index contributed by atoms with van der Waals surface area (Å²) in [5, 5.41) is 5.09. The Bertz CT molecular complexity index is 643. The van der Waals surface area contributed by atoms with Crippen LogP contribution in [0.4, 0.5) is 0 Å². The van der Waals surface area contributed by atoms with E-state index >= 15 is 0 Å². The van der Waals surface area contributed by atoms with Crippen LogP contribution in [-0.2, 0) is 0 Å². The van der Waals surface area contributed by atoms with Gasteiger partial charge in [-0.25, -0.2) is 0 Å². The number of nitrogens with zero attached hydrogens (tertiary/aromatic N) is 1. The first kappa shape index (κ1) is 14.8. The number of halogens is 1. The Morgan fingerprint density at radius 2 is 2.25 bits per heavy atom. The molecule has 0 fully saturated rings. The highest BCUT2D eigenvalue weighted by molar-refractivity contribution is 6.35. The Morgan fingerprint density at radius 3 is 3.00 bits per heavy atom. The predicted molar refractivity (Wildman–Crippen MR) is 84.6 cm³/mol. The Hall–Kier alpha value is -1.60. The van der Waals surface area contributed by atoms with Crippen molar-refractivity contribution in [3.63, 3.8) is 0 Å². The van der Waals surface area contributed by atoms with E-state index in [0.29, 0.717) is 11.6 Å². The second-order valence-corrected chi connectivity index (χ2v) is 4.86. The molecule has 3 nitrogen and oxygen atoms in total. The van der Waals surface area contributed by atoms with Crippen molar-refractivity contribution in [2.45, 2.75) is 19.4 Å². The summed E-state index contributed by atoms with van der Waals surface area (Å²) in [7, 11) is 0. The topological polar surface area (TPSA) is 50.9 Å². The zero-order valence-corrected chi connectivity index (χ0v) is 12.2. The molecule has 2 aromatic rings. The fraction of sp³-hybridized carbons (Fsp3) is 0.312. The molecule has 0 spiro atoms. The van der Waals surface area contributed by atoms with Crippen molar-refractivity contribution >= 4 is 22.5 Å². The maximum absolute atomic E-state index is 6.21. The molecule has 0 aliphatic carbocycles. The monoisotopic (exact) mass is 287 g/mol. The molecule has 1 aromatic carbocycles. The normalized spacial score (nSPS) is 11.9. The third-order valence-electron chi connectivity index (χ3n) is 3.18. The number of pyridine rings is 1. The second-order valence-electron chi connectivity index (χ2n) is 4.46. The summed E-state index contributed by atoms with van der Waals surface area (Å²) in [6, 6.07) is 7.82. The number of nitrogens with two attached hydrogens (primary N) is 1. The summed E-state index contributed by atoms with van der Waals surface area (Å²) in [5.41, 5.74) is 7.88. The minimum atomic E-state index is 0.0586. The highest BCUT2D eigenvalue weighted by Crippen LogP contribution is 2.28. The number of benzene rings is 1. The van der Waals surface area contributed by atoms with E-state index in [-0.39, 0.29) is 6.04 Å². The van der Waals surface area contributed by atoms with Crippen LogP contribution in [0.15, 0.2) is 30.5 Å². The van der Waals surface area contributed by atoms with Gasteiger partial charge >= 0.3 is 0 Å². The highest BCUT2D eigenvalue weighted by Gasteiger charge is 2.14. The van der Waals surface area contributed by atoms with Crippen LogP contribution >= 0.6 is 11.6 Å². The number of fused-ring (bicyclic) bond motifs is 1. The average molecular weight is 288 g/mol. The molecular weight excluding hydrogens is 270 g/mol. The quantitative estimate of drug-likeness (QED) is 0.657. The van der Waals surface area contributed by atoms with Crippen molar-refractivity contribution in [3.05, 3.63) is 41.0 Å². The number of rotatable bonds is 5. The molecule has 20 heavy (non-hydrogen) atoms. The molecule has 104 valence electrons. The second kappa shape index (κ2) is 7.25.